The average molecular weight is 312 g/mol. The molecule has 3 rings (SSSR count). The third-order valence-electron chi connectivity index (χ3n) is 3.62. The van der Waals surface area contributed by atoms with Crippen molar-refractivity contribution < 1.29 is 18.0 Å². The van der Waals surface area contributed by atoms with E-state index >= 15 is 0 Å². The van der Waals surface area contributed by atoms with E-state index in [0.717, 1.165) is 19.0 Å². The monoisotopic (exact) mass is 312 g/mol. The zero-order chi connectivity index (χ0) is 15.7. The van der Waals surface area contributed by atoms with Gasteiger partial charge in [-0.25, -0.2) is 4.98 Å². The summed E-state index contributed by atoms with van der Waals surface area (Å²) in [5, 5.41) is 5.96. The first-order valence-electron chi connectivity index (χ1n) is 6.98. The van der Waals surface area contributed by atoms with Crippen LogP contribution in [0.3, 0.4) is 0 Å². The third-order valence-corrected chi connectivity index (χ3v) is 3.62. The summed E-state index contributed by atoms with van der Waals surface area (Å²) < 4.78 is 38.8. The van der Waals surface area contributed by atoms with Gasteiger partial charge < -0.3 is 15.6 Å². The van der Waals surface area contributed by atoms with Crippen molar-refractivity contribution >= 4 is 16.9 Å². The number of halogens is 3. The Kier molecular flexibility index (Phi) is 3.78. The highest BCUT2D eigenvalue weighted by atomic mass is 19.4. The number of benzene rings is 1. The fourth-order valence-corrected chi connectivity index (χ4v) is 2.60. The van der Waals surface area contributed by atoms with Crippen LogP contribution in [0.15, 0.2) is 18.2 Å². The van der Waals surface area contributed by atoms with Gasteiger partial charge in [0.2, 0.25) is 5.91 Å². The molecule has 0 radical (unpaired) electrons. The van der Waals surface area contributed by atoms with Gasteiger partial charge >= 0.3 is 6.18 Å². The fourth-order valence-electron chi connectivity index (χ4n) is 2.60. The Morgan fingerprint density at radius 2 is 2.23 bits per heavy atom. The molecule has 0 unspecified atom stereocenters. The van der Waals surface area contributed by atoms with Crippen LogP contribution in [0.25, 0.3) is 11.0 Å². The molecule has 2 aromatic rings. The SMILES string of the molecule is O=C(Cc1nc2c(C(F)(F)F)cccc2[nH]1)N[C@@H]1CCNC1. The lowest BCUT2D eigenvalue weighted by Gasteiger charge is -2.10. The number of imidazole rings is 1. The number of alkyl halides is 3. The molecule has 1 aliphatic heterocycles. The van der Waals surface area contributed by atoms with Gasteiger partial charge in [-0.05, 0) is 25.1 Å². The number of para-hydroxylation sites is 1. The molecule has 22 heavy (non-hydrogen) atoms. The lowest BCUT2D eigenvalue weighted by molar-refractivity contribution is -0.136. The minimum absolute atomic E-state index is 0.0670. The van der Waals surface area contributed by atoms with Gasteiger partial charge in [-0.2, -0.15) is 13.2 Å². The Bertz CT molecular complexity index is 689. The second-order valence-corrected chi connectivity index (χ2v) is 5.32. The van der Waals surface area contributed by atoms with E-state index in [9.17, 15) is 18.0 Å². The van der Waals surface area contributed by atoms with Crippen LogP contribution in [0.5, 0.6) is 0 Å². The highest BCUT2D eigenvalue weighted by Crippen LogP contribution is 2.33. The molecule has 0 aliphatic carbocycles. The summed E-state index contributed by atoms with van der Waals surface area (Å²) >= 11 is 0. The Balaban J connectivity index is 1.78. The van der Waals surface area contributed by atoms with Crippen LogP contribution in [0.2, 0.25) is 0 Å². The maximum absolute atomic E-state index is 12.9. The number of hydrogen-bond donors (Lipinski definition) is 3. The molecule has 1 fully saturated rings. The summed E-state index contributed by atoms with van der Waals surface area (Å²) in [7, 11) is 0. The van der Waals surface area contributed by atoms with Crippen molar-refractivity contribution in [2.75, 3.05) is 13.1 Å². The van der Waals surface area contributed by atoms with Crippen molar-refractivity contribution in [3.05, 3.63) is 29.6 Å². The molecule has 5 nitrogen and oxygen atoms in total. The van der Waals surface area contributed by atoms with E-state index in [4.69, 9.17) is 0 Å². The van der Waals surface area contributed by atoms with Crippen molar-refractivity contribution in [3.8, 4) is 0 Å². The minimum atomic E-state index is -4.47. The highest BCUT2D eigenvalue weighted by molar-refractivity contribution is 5.82. The molecule has 1 saturated heterocycles. The van der Waals surface area contributed by atoms with E-state index in [0.29, 0.717) is 6.54 Å². The van der Waals surface area contributed by atoms with E-state index in [2.05, 4.69) is 20.6 Å². The fraction of sp³-hybridized carbons (Fsp3) is 0.429. The van der Waals surface area contributed by atoms with E-state index in [1.807, 2.05) is 0 Å². The van der Waals surface area contributed by atoms with Gasteiger partial charge in [0.25, 0.3) is 0 Å². The number of H-pyrrole nitrogens is 1. The van der Waals surface area contributed by atoms with Gasteiger partial charge in [0.15, 0.2) is 0 Å². The van der Waals surface area contributed by atoms with Crippen molar-refractivity contribution in [3.63, 3.8) is 0 Å². The van der Waals surface area contributed by atoms with Crippen LogP contribution in [-0.2, 0) is 17.4 Å². The number of carbonyl (C=O) groups excluding carboxylic acids is 1. The maximum atomic E-state index is 12.9. The number of rotatable bonds is 3. The minimum Gasteiger partial charge on any atom is -0.352 e. The Hall–Kier alpha value is -2.09. The number of aromatic nitrogens is 2. The van der Waals surface area contributed by atoms with Gasteiger partial charge in [0, 0.05) is 12.6 Å². The van der Waals surface area contributed by atoms with Crippen LogP contribution in [0.4, 0.5) is 13.2 Å². The third kappa shape index (κ3) is 3.06. The molecular formula is C14H15F3N4O. The van der Waals surface area contributed by atoms with Crippen LogP contribution in [-0.4, -0.2) is 35.0 Å². The molecule has 1 aromatic carbocycles. The number of nitrogens with zero attached hydrogens (tertiary/aromatic N) is 1. The zero-order valence-corrected chi connectivity index (χ0v) is 11.6. The number of carbonyl (C=O) groups is 1. The second kappa shape index (κ2) is 5.60. The normalized spacial score (nSPS) is 18.8. The predicted molar refractivity (Wildman–Crippen MR) is 74.2 cm³/mol. The first-order chi connectivity index (χ1) is 10.4. The highest BCUT2D eigenvalue weighted by Gasteiger charge is 2.33. The second-order valence-electron chi connectivity index (χ2n) is 5.32. The quantitative estimate of drug-likeness (QED) is 0.806. The maximum Gasteiger partial charge on any atom is 0.418 e. The van der Waals surface area contributed by atoms with Gasteiger partial charge in [0.1, 0.15) is 11.3 Å². The largest absolute Gasteiger partial charge is 0.418 e. The van der Waals surface area contributed by atoms with Crippen molar-refractivity contribution in [1.82, 2.24) is 20.6 Å². The predicted octanol–water partition coefficient (Wildman–Crippen LogP) is 1.60. The number of hydrogen-bond acceptors (Lipinski definition) is 3. The molecule has 1 atom stereocenters. The van der Waals surface area contributed by atoms with Gasteiger partial charge in [-0.15, -0.1) is 0 Å². The van der Waals surface area contributed by atoms with E-state index in [1.165, 1.54) is 12.1 Å². The summed E-state index contributed by atoms with van der Waals surface area (Å²) in [6.07, 6.45) is -3.68. The summed E-state index contributed by atoms with van der Waals surface area (Å²) in [6.45, 7) is 1.56. The Morgan fingerprint density at radius 1 is 1.41 bits per heavy atom. The molecule has 0 spiro atoms. The number of amides is 1. The van der Waals surface area contributed by atoms with Crippen LogP contribution < -0.4 is 10.6 Å². The number of nitrogens with one attached hydrogen (secondary N) is 3. The van der Waals surface area contributed by atoms with Gasteiger partial charge in [-0.1, -0.05) is 6.07 Å². The van der Waals surface area contributed by atoms with E-state index in [-0.39, 0.29) is 35.2 Å². The molecule has 1 aliphatic rings. The van der Waals surface area contributed by atoms with Crippen molar-refractivity contribution in [2.45, 2.75) is 25.1 Å². The van der Waals surface area contributed by atoms with Gasteiger partial charge in [-0.3, -0.25) is 4.79 Å². The molecule has 1 amide bonds. The topological polar surface area (TPSA) is 69.8 Å². The summed E-state index contributed by atoms with van der Waals surface area (Å²) in [5.41, 5.74) is -0.673. The lowest BCUT2D eigenvalue weighted by atomic mass is 10.2. The lowest BCUT2D eigenvalue weighted by Crippen LogP contribution is -2.37. The molecule has 2 heterocycles. The smallest absolute Gasteiger partial charge is 0.352 e. The molecule has 8 heteroatoms. The summed E-state index contributed by atoms with van der Waals surface area (Å²) in [4.78, 5) is 18.6. The molecule has 3 N–H and O–H groups in total. The van der Waals surface area contributed by atoms with Crippen LogP contribution in [0, 0.1) is 0 Å². The molecule has 0 bridgehead atoms. The first kappa shape index (κ1) is 14.8. The molecule has 1 aromatic heterocycles. The van der Waals surface area contributed by atoms with Gasteiger partial charge in [0.05, 0.1) is 17.5 Å². The van der Waals surface area contributed by atoms with E-state index < -0.39 is 11.7 Å². The zero-order valence-electron chi connectivity index (χ0n) is 11.6. The Morgan fingerprint density at radius 3 is 2.91 bits per heavy atom. The Labute approximate surface area is 124 Å². The number of fused-ring (bicyclic) bond motifs is 1. The molecule has 118 valence electrons. The summed E-state index contributed by atoms with van der Waals surface area (Å²) in [5.74, 6) is -0.0172. The van der Waals surface area contributed by atoms with Crippen molar-refractivity contribution in [2.24, 2.45) is 0 Å². The van der Waals surface area contributed by atoms with Crippen LogP contribution in [0.1, 0.15) is 17.8 Å². The standard InChI is InChI=1S/C14H15F3N4O/c15-14(16,17)9-2-1-3-10-13(9)21-11(20-10)6-12(22)19-8-4-5-18-7-8/h1-3,8,18H,4-7H2,(H,19,22)(H,20,21)/t8-/m1/s1. The van der Waals surface area contributed by atoms with E-state index in [1.54, 1.807) is 0 Å². The molecular weight excluding hydrogens is 297 g/mol. The number of aromatic amines is 1. The summed E-state index contributed by atoms with van der Waals surface area (Å²) in [6, 6.07) is 3.89. The van der Waals surface area contributed by atoms with Crippen molar-refractivity contribution in [1.29, 1.82) is 0 Å². The average Bonchev–Trinajstić information content (AvgIpc) is 3.05. The molecule has 0 saturated carbocycles. The van der Waals surface area contributed by atoms with Crippen LogP contribution >= 0.6 is 0 Å². The first-order valence-corrected chi connectivity index (χ1v) is 6.98.